The van der Waals surface area contributed by atoms with Crippen LogP contribution in [0.15, 0.2) is 24.3 Å². The maximum absolute atomic E-state index is 12.2. The van der Waals surface area contributed by atoms with Gasteiger partial charge in [-0.05, 0) is 24.6 Å². The summed E-state index contributed by atoms with van der Waals surface area (Å²) in [6.45, 7) is 2.03. The molecule has 0 unspecified atom stereocenters. The van der Waals surface area contributed by atoms with Crippen molar-refractivity contribution in [1.29, 1.82) is 0 Å². The van der Waals surface area contributed by atoms with E-state index in [1.807, 2.05) is 0 Å². The third-order valence-corrected chi connectivity index (χ3v) is 3.87. The van der Waals surface area contributed by atoms with Crippen LogP contribution >= 0.6 is 12.4 Å². The zero-order chi connectivity index (χ0) is 15.3. The summed E-state index contributed by atoms with van der Waals surface area (Å²) in [4.78, 5) is 11.7. The van der Waals surface area contributed by atoms with Crippen molar-refractivity contribution in [3.63, 3.8) is 0 Å². The largest absolute Gasteiger partial charge is 0.348 e. The van der Waals surface area contributed by atoms with Crippen molar-refractivity contribution in [3.8, 4) is 0 Å². The zero-order valence-electron chi connectivity index (χ0n) is 11.3. The van der Waals surface area contributed by atoms with Gasteiger partial charge in [-0.1, -0.05) is 12.1 Å². The molecule has 120 valence electrons. The summed E-state index contributed by atoms with van der Waals surface area (Å²) in [5.41, 5.74) is 5.88. The van der Waals surface area contributed by atoms with E-state index in [1.54, 1.807) is 6.92 Å². The first-order valence-electron chi connectivity index (χ1n) is 5.86. The molecule has 0 radical (unpaired) electrons. The molecule has 21 heavy (non-hydrogen) atoms. The zero-order valence-corrected chi connectivity index (χ0v) is 12.9. The number of nitrogens with two attached hydrogens (primary N) is 1. The van der Waals surface area contributed by atoms with Crippen LogP contribution in [0, 0.1) is 0 Å². The maximum atomic E-state index is 12.2. The molecule has 1 amide bonds. The minimum Gasteiger partial charge on any atom is -0.348 e. The van der Waals surface area contributed by atoms with Gasteiger partial charge >= 0.3 is 5.76 Å². The lowest BCUT2D eigenvalue weighted by atomic mass is 10.1. The first kappa shape index (κ1) is 19.8. The van der Waals surface area contributed by atoms with Crippen LogP contribution in [0.2, 0.25) is 0 Å². The number of benzene rings is 1. The number of carbonyl (C=O) groups excluding carboxylic acids is 1. The van der Waals surface area contributed by atoms with Crippen LogP contribution in [-0.4, -0.2) is 32.7 Å². The van der Waals surface area contributed by atoms with Gasteiger partial charge in [0.25, 0.3) is 5.91 Å². The quantitative estimate of drug-likeness (QED) is 0.816. The lowest BCUT2D eigenvalue weighted by Gasteiger charge is -2.11. The number of carbonyl (C=O) groups is 1. The van der Waals surface area contributed by atoms with E-state index in [0.717, 1.165) is 0 Å². The highest BCUT2D eigenvalue weighted by atomic mass is 35.5. The van der Waals surface area contributed by atoms with Gasteiger partial charge in [0.15, 0.2) is 0 Å². The lowest BCUT2D eigenvalue weighted by Crippen LogP contribution is -2.37. The van der Waals surface area contributed by atoms with Crippen LogP contribution in [0.4, 0.5) is 8.78 Å². The number of sulfone groups is 1. The van der Waals surface area contributed by atoms with Gasteiger partial charge in [0.2, 0.25) is 9.84 Å². The Morgan fingerprint density at radius 1 is 1.29 bits per heavy atom. The predicted octanol–water partition coefficient (Wildman–Crippen LogP) is 1.32. The number of halogens is 3. The number of hydrogen-bond donors (Lipinski definition) is 2. The van der Waals surface area contributed by atoms with E-state index in [4.69, 9.17) is 5.73 Å². The van der Waals surface area contributed by atoms with E-state index in [1.165, 1.54) is 24.3 Å². The molecule has 1 aromatic rings. The van der Waals surface area contributed by atoms with Crippen LogP contribution < -0.4 is 11.1 Å². The van der Waals surface area contributed by atoms with Gasteiger partial charge < -0.3 is 11.1 Å². The summed E-state index contributed by atoms with van der Waals surface area (Å²) < 4.78 is 46.6. The fourth-order valence-electron chi connectivity index (χ4n) is 1.41. The second-order valence-corrected chi connectivity index (χ2v) is 6.35. The molecule has 0 aliphatic rings. The van der Waals surface area contributed by atoms with Gasteiger partial charge in [-0.3, -0.25) is 4.79 Å². The van der Waals surface area contributed by atoms with Crippen LogP contribution in [0.3, 0.4) is 0 Å². The fraction of sp³-hybridized carbons (Fsp3) is 0.417. The molecule has 0 aliphatic heterocycles. The number of amides is 1. The molecule has 9 heteroatoms. The van der Waals surface area contributed by atoms with Crippen molar-refractivity contribution < 1.29 is 22.0 Å². The number of nitrogens with one attached hydrogen (secondary N) is 1. The minimum atomic E-state index is -4.46. The molecular weight excluding hydrogens is 326 g/mol. The van der Waals surface area contributed by atoms with E-state index in [-0.39, 0.29) is 36.5 Å². The molecule has 1 atom stereocenters. The van der Waals surface area contributed by atoms with E-state index >= 15 is 0 Å². The van der Waals surface area contributed by atoms with Crippen LogP contribution in [0.25, 0.3) is 0 Å². The van der Waals surface area contributed by atoms with E-state index < -0.39 is 21.3 Å². The number of alkyl halides is 2. The maximum Gasteiger partial charge on any atom is 0.337 e. The van der Waals surface area contributed by atoms with Crippen molar-refractivity contribution >= 4 is 28.2 Å². The van der Waals surface area contributed by atoms with E-state index in [9.17, 15) is 22.0 Å². The average molecular weight is 343 g/mol. The van der Waals surface area contributed by atoms with E-state index in [0.29, 0.717) is 5.56 Å². The van der Waals surface area contributed by atoms with Gasteiger partial charge in [-0.25, -0.2) is 8.42 Å². The molecule has 1 aromatic carbocycles. The van der Waals surface area contributed by atoms with Gasteiger partial charge in [-0.15, -0.1) is 12.4 Å². The fourth-order valence-corrected chi connectivity index (χ4v) is 2.20. The van der Waals surface area contributed by atoms with Gasteiger partial charge in [0.1, 0.15) is 0 Å². The number of hydrogen-bond acceptors (Lipinski definition) is 4. The third kappa shape index (κ3) is 5.94. The van der Waals surface area contributed by atoms with Crippen molar-refractivity contribution in [2.45, 2.75) is 24.5 Å². The summed E-state index contributed by atoms with van der Waals surface area (Å²) in [6.07, 6.45) is 0. The predicted molar refractivity (Wildman–Crippen MR) is 78.3 cm³/mol. The van der Waals surface area contributed by atoms with Crippen molar-refractivity contribution in [1.82, 2.24) is 5.32 Å². The van der Waals surface area contributed by atoms with Crippen molar-refractivity contribution in [3.05, 3.63) is 35.4 Å². The van der Waals surface area contributed by atoms with Crippen molar-refractivity contribution in [2.75, 3.05) is 6.54 Å². The standard InChI is InChI=1S/C12H16F2N2O3S.ClH/c1-8(6-15)16-11(17)10-4-2-9(3-5-10)7-20(18,19)12(13)14;/h2-5,8,12H,6-7,15H2,1H3,(H,16,17);1H/t8-;/m0./s1. The SMILES string of the molecule is C[C@@H](CN)NC(=O)c1ccc(CS(=O)(=O)C(F)F)cc1.Cl. The molecule has 0 aliphatic carbocycles. The second-order valence-electron chi connectivity index (χ2n) is 4.37. The van der Waals surface area contributed by atoms with Crippen LogP contribution in [-0.2, 0) is 15.6 Å². The molecular formula is C12H17ClF2N2O3S. The summed E-state index contributed by atoms with van der Waals surface area (Å²) in [5, 5.41) is 2.63. The Bertz CT molecular complexity index is 564. The minimum absolute atomic E-state index is 0. The molecule has 3 N–H and O–H groups in total. The Morgan fingerprint density at radius 3 is 2.24 bits per heavy atom. The Labute approximate surface area is 128 Å². The molecule has 0 aromatic heterocycles. The van der Waals surface area contributed by atoms with Crippen LogP contribution in [0.1, 0.15) is 22.8 Å². The molecule has 0 saturated heterocycles. The van der Waals surface area contributed by atoms with Gasteiger partial charge in [-0.2, -0.15) is 8.78 Å². The lowest BCUT2D eigenvalue weighted by molar-refractivity contribution is 0.0941. The molecule has 1 rings (SSSR count). The monoisotopic (exact) mass is 342 g/mol. The molecule has 0 saturated carbocycles. The normalized spacial score (nSPS) is 12.6. The smallest absolute Gasteiger partial charge is 0.337 e. The topological polar surface area (TPSA) is 89.3 Å². The molecule has 0 spiro atoms. The van der Waals surface area contributed by atoms with Gasteiger partial charge in [0.05, 0.1) is 5.75 Å². The highest BCUT2D eigenvalue weighted by Gasteiger charge is 2.24. The van der Waals surface area contributed by atoms with Crippen LogP contribution in [0.5, 0.6) is 0 Å². The highest BCUT2D eigenvalue weighted by molar-refractivity contribution is 7.90. The van der Waals surface area contributed by atoms with Gasteiger partial charge in [0, 0.05) is 18.2 Å². The molecule has 0 bridgehead atoms. The Hall–Kier alpha value is -1.25. The molecule has 0 fully saturated rings. The second kappa shape index (κ2) is 8.26. The molecule has 0 heterocycles. The Morgan fingerprint density at radius 2 is 1.81 bits per heavy atom. The summed E-state index contributed by atoms with van der Waals surface area (Å²) >= 11 is 0. The Balaban J connectivity index is 0.00000400. The highest BCUT2D eigenvalue weighted by Crippen LogP contribution is 2.14. The van der Waals surface area contributed by atoms with E-state index in [2.05, 4.69) is 5.32 Å². The first-order valence-corrected chi connectivity index (χ1v) is 7.57. The first-order chi connectivity index (χ1) is 9.26. The van der Waals surface area contributed by atoms with Crippen molar-refractivity contribution in [2.24, 2.45) is 5.73 Å². The number of rotatable bonds is 6. The summed E-state index contributed by atoms with van der Waals surface area (Å²) in [6, 6.07) is 5.25. The Kier molecular flexibility index (Phi) is 7.76. The molecule has 5 nitrogen and oxygen atoms in total. The third-order valence-electron chi connectivity index (χ3n) is 2.59. The summed E-state index contributed by atoms with van der Waals surface area (Å²) in [5.74, 6) is -4.52. The summed E-state index contributed by atoms with van der Waals surface area (Å²) in [7, 11) is -4.46. The average Bonchev–Trinajstić information content (AvgIpc) is 2.38.